The van der Waals surface area contributed by atoms with Crippen molar-refractivity contribution in [2.24, 2.45) is 0 Å². The van der Waals surface area contributed by atoms with E-state index < -0.39 is 21.7 Å². The first-order valence-electron chi connectivity index (χ1n) is 8.77. The minimum absolute atomic E-state index is 0.146. The molecule has 0 aliphatic carbocycles. The molecule has 1 saturated heterocycles. The van der Waals surface area contributed by atoms with Gasteiger partial charge in [-0.15, -0.1) is 0 Å². The molecule has 0 bridgehead atoms. The molecule has 0 radical (unpaired) electrons. The van der Waals surface area contributed by atoms with Gasteiger partial charge in [-0.05, 0) is 57.7 Å². The normalized spacial score (nSPS) is 18.6. The second-order valence-corrected chi connectivity index (χ2v) is 9.80. The van der Waals surface area contributed by atoms with Gasteiger partial charge in [0, 0.05) is 24.2 Å². The predicted octanol–water partition coefficient (Wildman–Crippen LogP) is 3.55. The minimum atomic E-state index is -3.52. The van der Waals surface area contributed by atoms with Gasteiger partial charge in [0.2, 0.25) is 10.0 Å². The van der Waals surface area contributed by atoms with Crippen molar-refractivity contribution in [3.8, 4) is 0 Å². The largest absolute Gasteiger partial charge is 0.444 e. The number of sulfonamides is 1. The van der Waals surface area contributed by atoms with Crippen LogP contribution >= 0.6 is 11.6 Å². The van der Waals surface area contributed by atoms with Crippen LogP contribution in [0.25, 0.3) is 0 Å². The third-order valence-electron chi connectivity index (χ3n) is 4.04. The summed E-state index contributed by atoms with van der Waals surface area (Å²) in [6.07, 6.45) is 2.21. The summed E-state index contributed by atoms with van der Waals surface area (Å²) in [4.78, 5) is 14.0. The van der Waals surface area contributed by atoms with Crippen LogP contribution in [0, 0.1) is 0 Å². The number of halogens is 1. The van der Waals surface area contributed by atoms with E-state index in [1.165, 1.54) is 0 Å². The van der Waals surface area contributed by atoms with Gasteiger partial charge in [-0.25, -0.2) is 17.9 Å². The number of likely N-dealkylation sites (tertiary alicyclic amines) is 1. The molecule has 1 heterocycles. The first-order chi connectivity index (χ1) is 12.1. The maximum Gasteiger partial charge on any atom is 0.410 e. The Bertz CT molecular complexity index is 731. The summed E-state index contributed by atoms with van der Waals surface area (Å²) < 4.78 is 32.8. The summed E-state index contributed by atoms with van der Waals surface area (Å²) >= 11 is 5.91. The van der Waals surface area contributed by atoms with Crippen molar-refractivity contribution in [3.63, 3.8) is 0 Å². The van der Waals surface area contributed by atoms with Gasteiger partial charge >= 0.3 is 6.09 Å². The molecule has 6 nitrogen and oxygen atoms in total. The molecule has 0 spiro atoms. The summed E-state index contributed by atoms with van der Waals surface area (Å²) in [5.41, 5.74) is 0.0446. The maximum absolute atomic E-state index is 12.4. The quantitative estimate of drug-likeness (QED) is 0.817. The zero-order valence-corrected chi connectivity index (χ0v) is 17.1. The van der Waals surface area contributed by atoms with E-state index in [1.807, 2.05) is 20.8 Å². The van der Waals surface area contributed by atoms with Gasteiger partial charge in [0.05, 0.1) is 5.75 Å². The fourth-order valence-electron chi connectivity index (χ4n) is 2.89. The summed E-state index contributed by atoms with van der Waals surface area (Å²) in [5.74, 6) is -0.146. The fraction of sp³-hybridized carbons (Fsp3) is 0.611. The van der Waals surface area contributed by atoms with Crippen molar-refractivity contribution in [3.05, 3.63) is 34.9 Å². The van der Waals surface area contributed by atoms with Crippen LogP contribution in [0.5, 0.6) is 0 Å². The third-order valence-corrected chi connectivity index (χ3v) is 5.59. The van der Waals surface area contributed by atoms with E-state index in [-0.39, 0.29) is 18.3 Å². The van der Waals surface area contributed by atoms with Gasteiger partial charge in [0.1, 0.15) is 5.60 Å². The Labute approximate surface area is 160 Å². The Hall–Kier alpha value is -1.31. The van der Waals surface area contributed by atoms with E-state index in [2.05, 4.69) is 4.72 Å². The number of ether oxygens (including phenoxy) is 1. The summed E-state index contributed by atoms with van der Waals surface area (Å²) in [7, 11) is -3.52. The van der Waals surface area contributed by atoms with Crippen molar-refractivity contribution in [2.45, 2.75) is 57.4 Å². The van der Waals surface area contributed by atoms with Crippen LogP contribution < -0.4 is 4.72 Å². The average molecular weight is 403 g/mol. The highest BCUT2D eigenvalue weighted by Gasteiger charge is 2.31. The number of benzene rings is 1. The second-order valence-electron chi connectivity index (χ2n) is 7.56. The number of carbonyl (C=O) groups is 1. The van der Waals surface area contributed by atoms with Crippen LogP contribution in [0.1, 0.15) is 45.6 Å². The number of hydrogen-bond acceptors (Lipinski definition) is 4. The smallest absolute Gasteiger partial charge is 0.410 e. The Morgan fingerprint density at radius 2 is 2.08 bits per heavy atom. The highest BCUT2D eigenvalue weighted by atomic mass is 35.5. The molecule has 1 amide bonds. The number of nitrogens with one attached hydrogen (secondary N) is 1. The van der Waals surface area contributed by atoms with Gasteiger partial charge in [-0.3, -0.25) is 0 Å². The van der Waals surface area contributed by atoms with Crippen LogP contribution in [-0.2, 0) is 20.5 Å². The second kappa shape index (κ2) is 8.59. The van der Waals surface area contributed by atoms with Gasteiger partial charge in [-0.2, -0.15) is 0 Å². The molecule has 8 heteroatoms. The van der Waals surface area contributed by atoms with Crippen molar-refractivity contribution >= 4 is 27.7 Å². The van der Waals surface area contributed by atoms with Crippen molar-refractivity contribution in [1.82, 2.24) is 9.62 Å². The highest BCUT2D eigenvalue weighted by molar-refractivity contribution is 7.88. The van der Waals surface area contributed by atoms with Gasteiger partial charge < -0.3 is 9.64 Å². The van der Waals surface area contributed by atoms with Crippen LogP contribution in [0.3, 0.4) is 0 Å². The predicted molar refractivity (Wildman–Crippen MR) is 103 cm³/mol. The van der Waals surface area contributed by atoms with E-state index in [9.17, 15) is 13.2 Å². The molecule has 1 atom stereocenters. The first kappa shape index (κ1) is 21.0. The maximum atomic E-state index is 12.4. The average Bonchev–Trinajstić information content (AvgIpc) is 2.51. The lowest BCUT2D eigenvalue weighted by Gasteiger charge is -2.36. The van der Waals surface area contributed by atoms with Crippen LogP contribution in [0.4, 0.5) is 4.79 Å². The molecule has 0 saturated carbocycles. The van der Waals surface area contributed by atoms with Crippen LogP contribution in [0.15, 0.2) is 24.3 Å². The van der Waals surface area contributed by atoms with E-state index in [1.54, 1.807) is 29.2 Å². The Kier molecular flexibility index (Phi) is 6.93. The highest BCUT2D eigenvalue weighted by Crippen LogP contribution is 2.20. The van der Waals surface area contributed by atoms with E-state index >= 15 is 0 Å². The standard InChI is InChI=1S/C18H27ClN2O4S/c1-18(2,3)25-17(22)21-10-5-4-9-16(21)12-20-26(23,24)13-14-7-6-8-15(19)11-14/h6-8,11,16,20H,4-5,9-10,12-13H2,1-3H3/t16-/m1/s1. The molecule has 1 aliphatic heterocycles. The topological polar surface area (TPSA) is 75.7 Å². The molecule has 1 aliphatic rings. The van der Waals surface area contributed by atoms with E-state index in [4.69, 9.17) is 16.3 Å². The van der Waals surface area contributed by atoms with E-state index in [0.29, 0.717) is 17.1 Å². The van der Waals surface area contributed by atoms with Crippen LogP contribution in [0.2, 0.25) is 5.02 Å². The number of amides is 1. The van der Waals surface area contributed by atoms with Crippen molar-refractivity contribution in [1.29, 1.82) is 0 Å². The number of carbonyl (C=O) groups excluding carboxylic acids is 1. The molecular formula is C18H27ClN2O4S. The molecule has 1 fully saturated rings. The molecule has 1 aromatic carbocycles. The lowest BCUT2D eigenvalue weighted by atomic mass is 10.0. The lowest BCUT2D eigenvalue weighted by molar-refractivity contribution is 0.0105. The number of nitrogens with zero attached hydrogens (tertiary/aromatic N) is 1. The Morgan fingerprint density at radius 3 is 2.73 bits per heavy atom. The molecule has 2 rings (SSSR count). The molecule has 146 valence electrons. The number of piperidine rings is 1. The van der Waals surface area contributed by atoms with Gasteiger partial charge in [-0.1, -0.05) is 23.7 Å². The lowest BCUT2D eigenvalue weighted by Crippen LogP contribution is -2.50. The Morgan fingerprint density at radius 1 is 1.35 bits per heavy atom. The number of rotatable bonds is 5. The summed E-state index contributed by atoms with van der Waals surface area (Å²) in [5, 5.41) is 0.501. The van der Waals surface area contributed by atoms with Gasteiger partial charge in [0.25, 0.3) is 0 Å². The van der Waals surface area contributed by atoms with Crippen molar-refractivity contribution in [2.75, 3.05) is 13.1 Å². The summed E-state index contributed by atoms with van der Waals surface area (Å²) in [6, 6.07) is 6.57. The van der Waals surface area contributed by atoms with E-state index in [0.717, 1.165) is 19.3 Å². The molecule has 1 aromatic rings. The number of hydrogen-bond donors (Lipinski definition) is 1. The molecular weight excluding hydrogens is 376 g/mol. The zero-order valence-electron chi connectivity index (χ0n) is 15.5. The molecule has 0 unspecified atom stereocenters. The van der Waals surface area contributed by atoms with Gasteiger partial charge in [0.15, 0.2) is 0 Å². The molecule has 1 N–H and O–H groups in total. The SMILES string of the molecule is CC(C)(C)OC(=O)N1CCCC[C@@H]1CNS(=O)(=O)Cc1cccc(Cl)c1. The minimum Gasteiger partial charge on any atom is -0.444 e. The van der Waals surface area contributed by atoms with Crippen molar-refractivity contribution < 1.29 is 17.9 Å². The first-order valence-corrected chi connectivity index (χ1v) is 10.8. The fourth-order valence-corrected chi connectivity index (χ4v) is 4.27. The molecule has 26 heavy (non-hydrogen) atoms. The molecule has 0 aromatic heterocycles. The monoisotopic (exact) mass is 402 g/mol. The Balaban J connectivity index is 1.97. The third kappa shape index (κ3) is 6.78. The zero-order chi connectivity index (χ0) is 19.4. The summed E-state index contributed by atoms with van der Waals surface area (Å²) in [6.45, 7) is 6.21. The van der Waals surface area contributed by atoms with Crippen LogP contribution in [-0.4, -0.2) is 44.1 Å².